The number of halogens is 2. The smallest absolute Gasteiger partial charge is 0.325 e. The van der Waals surface area contributed by atoms with Crippen molar-refractivity contribution in [3.8, 4) is 0 Å². The number of amides is 1. The zero-order valence-corrected chi connectivity index (χ0v) is 11.0. The SMILES string of the molecule is COC(=O)CN(C)C(=O)c1ccc(F)cc1Br. The van der Waals surface area contributed by atoms with Gasteiger partial charge in [0.05, 0.1) is 12.7 Å². The first kappa shape index (κ1) is 13.6. The van der Waals surface area contributed by atoms with E-state index in [-0.39, 0.29) is 18.0 Å². The number of ether oxygens (including phenoxy) is 1. The van der Waals surface area contributed by atoms with E-state index < -0.39 is 11.8 Å². The Balaban J connectivity index is 2.85. The minimum absolute atomic E-state index is 0.154. The summed E-state index contributed by atoms with van der Waals surface area (Å²) in [5, 5.41) is 0. The monoisotopic (exact) mass is 303 g/mol. The Hall–Kier alpha value is -1.43. The van der Waals surface area contributed by atoms with E-state index in [1.54, 1.807) is 0 Å². The lowest BCUT2D eigenvalue weighted by Gasteiger charge is -2.16. The van der Waals surface area contributed by atoms with E-state index in [9.17, 15) is 14.0 Å². The van der Waals surface area contributed by atoms with Crippen LogP contribution in [0.4, 0.5) is 4.39 Å². The van der Waals surface area contributed by atoms with Crippen molar-refractivity contribution in [3.05, 3.63) is 34.1 Å². The first-order valence-electron chi connectivity index (χ1n) is 4.73. The molecular formula is C11H11BrFNO3. The summed E-state index contributed by atoms with van der Waals surface area (Å²) < 4.78 is 17.6. The van der Waals surface area contributed by atoms with Gasteiger partial charge in [0.25, 0.3) is 5.91 Å². The van der Waals surface area contributed by atoms with E-state index >= 15 is 0 Å². The highest BCUT2D eigenvalue weighted by Gasteiger charge is 2.17. The highest BCUT2D eigenvalue weighted by molar-refractivity contribution is 9.10. The maximum Gasteiger partial charge on any atom is 0.325 e. The fourth-order valence-corrected chi connectivity index (χ4v) is 1.72. The van der Waals surface area contributed by atoms with Crippen molar-refractivity contribution in [3.63, 3.8) is 0 Å². The van der Waals surface area contributed by atoms with Crippen LogP contribution >= 0.6 is 15.9 Å². The molecule has 1 amide bonds. The zero-order chi connectivity index (χ0) is 13.0. The fraction of sp³-hybridized carbons (Fsp3) is 0.273. The van der Waals surface area contributed by atoms with Gasteiger partial charge < -0.3 is 9.64 Å². The van der Waals surface area contributed by atoms with Gasteiger partial charge in [0.15, 0.2) is 0 Å². The topological polar surface area (TPSA) is 46.6 Å². The Morgan fingerprint density at radius 1 is 1.47 bits per heavy atom. The minimum Gasteiger partial charge on any atom is -0.468 e. The second-order valence-corrected chi connectivity index (χ2v) is 4.22. The van der Waals surface area contributed by atoms with Gasteiger partial charge in [0.1, 0.15) is 12.4 Å². The molecule has 0 aliphatic rings. The van der Waals surface area contributed by atoms with Crippen LogP contribution in [0.1, 0.15) is 10.4 Å². The Labute approximate surface area is 106 Å². The third-order valence-corrected chi connectivity index (χ3v) is 2.76. The second kappa shape index (κ2) is 5.77. The summed E-state index contributed by atoms with van der Waals surface area (Å²) in [6, 6.07) is 3.73. The molecule has 17 heavy (non-hydrogen) atoms. The van der Waals surface area contributed by atoms with Gasteiger partial charge in [-0.05, 0) is 34.1 Å². The largest absolute Gasteiger partial charge is 0.468 e. The van der Waals surface area contributed by atoms with Crippen molar-refractivity contribution >= 4 is 27.8 Å². The molecule has 0 bridgehead atoms. The molecule has 0 saturated heterocycles. The maximum atomic E-state index is 12.8. The number of nitrogens with zero attached hydrogens (tertiary/aromatic N) is 1. The molecule has 6 heteroatoms. The van der Waals surface area contributed by atoms with E-state index in [0.29, 0.717) is 4.47 Å². The van der Waals surface area contributed by atoms with Crippen molar-refractivity contribution in [1.82, 2.24) is 4.90 Å². The lowest BCUT2D eigenvalue weighted by molar-refractivity contribution is -0.141. The summed E-state index contributed by atoms with van der Waals surface area (Å²) >= 11 is 3.10. The number of carbonyl (C=O) groups is 2. The summed E-state index contributed by atoms with van der Waals surface area (Å²) in [4.78, 5) is 24.1. The average Bonchev–Trinajstić information content (AvgIpc) is 2.28. The third-order valence-electron chi connectivity index (χ3n) is 2.10. The van der Waals surface area contributed by atoms with Crippen LogP contribution in [-0.4, -0.2) is 37.5 Å². The van der Waals surface area contributed by atoms with Gasteiger partial charge in [0.2, 0.25) is 0 Å². The molecule has 0 aromatic heterocycles. The first-order valence-corrected chi connectivity index (χ1v) is 5.52. The molecule has 0 radical (unpaired) electrons. The van der Waals surface area contributed by atoms with Crippen LogP contribution in [-0.2, 0) is 9.53 Å². The highest BCUT2D eigenvalue weighted by atomic mass is 79.9. The minimum atomic E-state index is -0.515. The van der Waals surface area contributed by atoms with Crippen LogP contribution in [0, 0.1) is 5.82 Å². The molecule has 1 aromatic carbocycles. The van der Waals surface area contributed by atoms with Crippen molar-refractivity contribution in [2.45, 2.75) is 0 Å². The summed E-state index contributed by atoms with van der Waals surface area (Å²) in [6.45, 7) is -0.154. The molecule has 1 rings (SSSR count). The standard InChI is InChI=1S/C11H11BrFNO3/c1-14(6-10(15)17-2)11(16)8-4-3-7(13)5-9(8)12/h3-5H,6H2,1-2H3. The summed E-state index contributed by atoms with van der Waals surface area (Å²) in [5.41, 5.74) is 0.290. The molecule has 0 saturated carbocycles. The summed E-state index contributed by atoms with van der Waals surface area (Å²) in [6.07, 6.45) is 0. The Morgan fingerprint density at radius 2 is 2.12 bits per heavy atom. The molecule has 0 heterocycles. The zero-order valence-electron chi connectivity index (χ0n) is 9.37. The number of esters is 1. The predicted octanol–water partition coefficient (Wildman–Crippen LogP) is 1.83. The van der Waals surface area contributed by atoms with Gasteiger partial charge in [-0.25, -0.2) is 4.39 Å². The molecule has 0 fully saturated rings. The molecule has 0 aliphatic carbocycles. The third kappa shape index (κ3) is 3.52. The lowest BCUT2D eigenvalue weighted by atomic mass is 10.2. The number of rotatable bonds is 3. The molecule has 92 valence electrons. The molecule has 0 atom stereocenters. The summed E-state index contributed by atoms with van der Waals surface area (Å²) in [5.74, 6) is -1.34. The van der Waals surface area contributed by atoms with E-state index in [4.69, 9.17) is 0 Å². The van der Waals surface area contributed by atoms with E-state index in [1.165, 1.54) is 37.3 Å². The number of likely N-dealkylation sites (N-methyl/N-ethyl adjacent to an activating group) is 1. The van der Waals surface area contributed by atoms with Crippen LogP contribution < -0.4 is 0 Å². The van der Waals surface area contributed by atoms with Gasteiger partial charge in [-0.3, -0.25) is 9.59 Å². The summed E-state index contributed by atoms with van der Waals surface area (Å²) in [7, 11) is 2.71. The molecule has 4 nitrogen and oxygen atoms in total. The number of hydrogen-bond donors (Lipinski definition) is 0. The second-order valence-electron chi connectivity index (χ2n) is 3.36. The normalized spacial score (nSPS) is 9.88. The lowest BCUT2D eigenvalue weighted by Crippen LogP contribution is -2.32. The predicted molar refractivity (Wildman–Crippen MR) is 63.1 cm³/mol. The van der Waals surface area contributed by atoms with Crippen molar-refractivity contribution in [2.24, 2.45) is 0 Å². The molecule has 0 aliphatic heterocycles. The first-order chi connectivity index (χ1) is 7.95. The van der Waals surface area contributed by atoms with E-state index in [0.717, 1.165) is 0 Å². The van der Waals surface area contributed by atoms with Crippen LogP contribution in [0.25, 0.3) is 0 Å². The Kier molecular flexibility index (Phi) is 4.62. The van der Waals surface area contributed by atoms with Crippen molar-refractivity contribution < 1.29 is 18.7 Å². The quantitative estimate of drug-likeness (QED) is 0.801. The van der Waals surface area contributed by atoms with Gasteiger partial charge >= 0.3 is 5.97 Å². The van der Waals surface area contributed by atoms with Gasteiger partial charge in [-0.1, -0.05) is 0 Å². The van der Waals surface area contributed by atoms with Crippen LogP contribution in [0.2, 0.25) is 0 Å². The van der Waals surface area contributed by atoms with E-state index in [2.05, 4.69) is 20.7 Å². The van der Waals surface area contributed by atoms with Crippen LogP contribution in [0.15, 0.2) is 22.7 Å². The number of hydrogen-bond acceptors (Lipinski definition) is 3. The number of methoxy groups -OCH3 is 1. The van der Waals surface area contributed by atoms with Crippen molar-refractivity contribution in [1.29, 1.82) is 0 Å². The molecule has 0 unspecified atom stereocenters. The van der Waals surface area contributed by atoms with Crippen LogP contribution in [0.5, 0.6) is 0 Å². The van der Waals surface area contributed by atoms with Crippen LogP contribution in [0.3, 0.4) is 0 Å². The number of benzene rings is 1. The molecule has 0 spiro atoms. The van der Waals surface area contributed by atoms with Gasteiger partial charge in [-0.15, -0.1) is 0 Å². The van der Waals surface area contributed by atoms with Gasteiger partial charge in [0, 0.05) is 11.5 Å². The molecule has 0 N–H and O–H groups in total. The average molecular weight is 304 g/mol. The van der Waals surface area contributed by atoms with Crippen molar-refractivity contribution in [2.75, 3.05) is 20.7 Å². The highest BCUT2D eigenvalue weighted by Crippen LogP contribution is 2.19. The number of carbonyl (C=O) groups excluding carboxylic acids is 2. The maximum absolute atomic E-state index is 12.8. The van der Waals surface area contributed by atoms with Gasteiger partial charge in [-0.2, -0.15) is 0 Å². The Morgan fingerprint density at radius 3 is 2.65 bits per heavy atom. The molecule has 1 aromatic rings. The van der Waals surface area contributed by atoms with E-state index in [1.807, 2.05) is 0 Å². The molecular weight excluding hydrogens is 293 g/mol. The fourth-order valence-electron chi connectivity index (χ4n) is 1.20. The Bertz CT molecular complexity index is 450.